The third-order valence-corrected chi connectivity index (χ3v) is 4.28. The van der Waals surface area contributed by atoms with Gasteiger partial charge in [-0.1, -0.05) is 37.3 Å². The molecule has 0 atom stereocenters. The fourth-order valence-electron chi connectivity index (χ4n) is 2.84. The molecule has 0 fully saturated rings. The van der Waals surface area contributed by atoms with Crippen LogP contribution in [-0.2, 0) is 22.6 Å². The van der Waals surface area contributed by atoms with E-state index in [1.54, 1.807) is 30.3 Å². The summed E-state index contributed by atoms with van der Waals surface area (Å²) in [7, 11) is 0. The second kappa shape index (κ2) is 8.97. The van der Waals surface area contributed by atoms with Crippen LogP contribution >= 0.6 is 0 Å². The molecule has 2 aromatic carbocycles. The lowest BCUT2D eigenvalue weighted by atomic mass is 10.1. The van der Waals surface area contributed by atoms with E-state index < -0.39 is 5.91 Å². The van der Waals surface area contributed by atoms with Gasteiger partial charge in [-0.15, -0.1) is 0 Å². The minimum absolute atomic E-state index is 0.201. The Morgan fingerprint density at radius 1 is 0.966 bits per heavy atom. The standard InChI is InChI=1S/C22H22N4O3/c1-3-16-7-9-17(10-8-16)20-11-12-22(29)26(25-20)14-21(28)24-19-6-4-5-18(13-19)23-15(2)27/h4-13H,3,14H2,1-2H3,(H,23,27)(H,24,28). The monoisotopic (exact) mass is 390 g/mol. The van der Waals surface area contributed by atoms with E-state index in [1.165, 1.54) is 18.6 Å². The average molecular weight is 390 g/mol. The minimum Gasteiger partial charge on any atom is -0.326 e. The van der Waals surface area contributed by atoms with Crippen molar-refractivity contribution in [1.29, 1.82) is 0 Å². The third-order valence-electron chi connectivity index (χ3n) is 4.28. The predicted octanol–water partition coefficient (Wildman–Crippen LogP) is 3.07. The lowest BCUT2D eigenvalue weighted by Crippen LogP contribution is -2.29. The summed E-state index contributed by atoms with van der Waals surface area (Å²) in [5.74, 6) is -0.592. The highest BCUT2D eigenvalue weighted by molar-refractivity contribution is 5.93. The smallest absolute Gasteiger partial charge is 0.267 e. The van der Waals surface area contributed by atoms with Gasteiger partial charge in [0.05, 0.1) is 5.69 Å². The molecule has 0 unspecified atom stereocenters. The molecule has 0 aliphatic heterocycles. The van der Waals surface area contributed by atoms with E-state index >= 15 is 0 Å². The molecule has 29 heavy (non-hydrogen) atoms. The summed E-state index contributed by atoms with van der Waals surface area (Å²) in [5.41, 5.74) is 3.43. The molecule has 0 aliphatic carbocycles. The van der Waals surface area contributed by atoms with E-state index in [0.717, 1.165) is 16.7 Å². The van der Waals surface area contributed by atoms with Crippen LogP contribution in [0.25, 0.3) is 11.3 Å². The van der Waals surface area contributed by atoms with E-state index in [-0.39, 0.29) is 18.0 Å². The maximum Gasteiger partial charge on any atom is 0.267 e. The highest BCUT2D eigenvalue weighted by Gasteiger charge is 2.09. The topological polar surface area (TPSA) is 93.1 Å². The second-order valence-electron chi connectivity index (χ2n) is 6.58. The van der Waals surface area contributed by atoms with Gasteiger partial charge in [0, 0.05) is 29.9 Å². The maximum absolute atomic E-state index is 12.4. The van der Waals surface area contributed by atoms with Gasteiger partial charge in [0.1, 0.15) is 6.54 Å². The zero-order valence-corrected chi connectivity index (χ0v) is 16.3. The molecule has 7 heteroatoms. The summed E-state index contributed by atoms with van der Waals surface area (Å²) in [6.45, 7) is 3.27. The average Bonchev–Trinajstić information content (AvgIpc) is 2.69. The van der Waals surface area contributed by atoms with Gasteiger partial charge in [-0.2, -0.15) is 5.10 Å². The molecule has 0 bridgehead atoms. The summed E-state index contributed by atoms with van der Waals surface area (Å²) >= 11 is 0. The van der Waals surface area contributed by atoms with Crippen LogP contribution in [0.5, 0.6) is 0 Å². The molecular weight excluding hydrogens is 368 g/mol. The summed E-state index contributed by atoms with van der Waals surface area (Å²) in [5, 5.41) is 9.69. The molecule has 3 rings (SSSR count). The van der Waals surface area contributed by atoms with Gasteiger partial charge in [0.25, 0.3) is 5.56 Å². The number of carbonyl (C=O) groups excluding carboxylic acids is 2. The van der Waals surface area contributed by atoms with E-state index in [2.05, 4.69) is 22.7 Å². The zero-order valence-electron chi connectivity index (χ0n) is 16.3. The summed E-state index contributed by atoms with van der Waals surface area (Å²) < 4.78 is 1.13. The van der Waals surface area contributed by atoms with Crippen molar-refractivity contribution in [2.75, 3.05) is 10.6 Å². The molecule has 0 spiro atoms. The number of carbonyl (C=O) groups is 2. The Morgan fingerprint density at radius 3 is 2.31 bits per heavy atom. The van der Waals surface area contributed by atoms with E-state index in [0.29, 0.717) is 17.1 Å². The van der Waals surface area contributed by atoms with Gasteiger partial charge in [-0.3, -0.25) is 14.4 Å². The molecule has 2 N–H and O–H groups in total. The Kier molecular flexibility index (Phi) is 6.19. The van der Waals surface area contributed by atoms with Crippen molar-refractivity contribution in [3.8, 4) is 11.3 Å². The zero-order chi connectivity index (χ0) is 20.8. The van der Waals surface area contributed by atoms with Crippen LogP contribution in [0.3, 0.4) is 0 Å². The van der Waals surface area contributed by atoms with Crippen LogP contribution < -0.4 is 16.2 Å². The summed E-state index contributed by atoms with van der Waals surface area (Å²) in [6.07, 6.45) is 0.941. The van der Waals surface area contributed by atoms with Gasteiger partial charge < -0.3 is 10.6 Å². The minimum atomic E-state index is -0.391. The molecule has 0 aliphatic rings. The molecule has 0 saturated heterocycles. The molecule has 0 radical (unpaired) electrons. The fraction of sp³-hybridized carbons (Fsp3) is 0.182. The number of nitrogens with zero attached hydrogens (tertiary/aromatic N) is 2. The van der Waals surface area contributed by atoms with Crippen molar-refractivity contribution in [3.63, 3.8) is 0 Å². The highest BCUT2D eigenvalue weighted by Crippen LogP contribution is 2.17. The van der Waals surface area contributed by atoms with Gasteiger partial charge in [-0.05, 0) is 36.2 Å². The largest absolute Gasteiger partial charge is 0.326 e. The molecule has 3 aromatic rings. The van der Waals surface area contributed by atoms with Crippen molar-refractivity contribution in [3.05, 3.63) is 76.6 Å². The van der Waals surface area contributed by atoms with Gasteiger partial charge in [0.15, 0.2) is 0 Å². The first-order valence-electron chi connectivity index (χ1n) is 9.29. The summed E-state index contributed by atoms with van der Waals surface area (Å²) in [6, 6.07) is 17.7. The van der Waals surface area contributed by atoms with Crippen molar-refractivity contribution in [2.45, 2.75) is 26.8 Å². The lowest BCUT2D eigenvalue weighted by molar-refractivity contribution is -0.117. The Hall–Kier alpha value is -3.74. The van der Waals surface area contributed by atoms with Crippen LogP contribution in [0.1, 0.15) is 19.4 Å². The second-order valence-corrected chi connectivity index (χ2v) is 6.58. The number of anilines is 2. The van der Waals surface area contributed by atoms with Crippen LogP contribution in [0.4, 0.5) is 11.4 Å². The SMILES string of the molecule is CCc1ccc(-c2ccc(=O)n(CC(=O)Nc3cccc(NC(C)=O)c3)n2)cc1. The first kappa shape index (κ1) is 20.0. The first-order valence-corrected chi connectivity index (χ1v) is 9.29. The Bertz CT molecular complexity index is 1090. The van der Waals surface area contributed by atoms with Gasteiger partial charge >= 0.3 is 0 Å². The normalized spacial score (nSPS) is 10.4. The number of nitrogens with one attached hydrogen (secondary N) is 2. The summed E-state index contributed by atoms with van der Waals surface area (Å²) in [4.78, 5) is 35.7. The van der Waals surface area contributed by atoms with Crippen molar-refractivity contribution in [2.24, 2.45) is 0 Å². The number of hydrogen-bond acceptors (Lipinski definition) is 4. The number of amides is 2. The van der Waals surface area contributed by atoms with E-state index in [4.69, 9.17) is 0 Å². The van der Waals surface area contributed by atoms with Crippen molar-refractivity contribution >= 4 is 23.2 Å². The van der Waals surface area contributed by atoms with E-state index in [9.17, 15) is 14.4 Å². The van der Waals surface area contributed by atoms with Crippen molar-refractivity contribution < 1.29 is 9.59 Å². The Morgan fingerprint density at radius 2 is 1.66 bits per heavy atom. The highest BCUT2D eigenvalue weighted by atomic mass is 16.2. The van der Waals surface area contributed by atoms with Crippen LogP contribution in [0, 0.1) is 0 Å². The number of rotatable bonds is 6. The van der Waals surface area contributed by atoms with Crippen LogP contribution in [0.2, 0.25) is 0 Å². The third kappa shape index (κ3) is 5.38. The molecule has 1 heterocycles. The molecule has 7 nitrogen and oxygen atoms in total. The van der Waals surface area contributed by atoms with Crippen LogP contribution in [-0.4, -0.2) is 21.6 Å². The number of benzene rings is 2. The molecule has 2 amide bonds. The number of aromatic nitrogens is 2. The first-order chi connectivity index (χ1) is 13.9. The quantitative estimate of drug-likeness (QED) is 0.676. The number of hydrogen-bond donors (Lipinski definition) is 2. The molecule has 148 valence electrons. The Balaban J connectivity index is 1.74. The van der Waals surface area contributed by atoms with Crippen LogP contribution in [0.15, 0.2) is 65.5 Å². The van der Waals surface area contributed by atoms with Gasteiger partial charge in [0.2, 0.25) is 11.8 Å². The fourth-order valence-corrected chi connectivity index (χ4v) is 2.84. The maximum atomic E-state index is 12.4. The molecule has 1 aromatic heterocycles. The molecular formula is C22H22N4O3. The Labute approximate surface area is 168 Å². The van der Waals surface area contributed by atoms with E-state index in [1.807, 2.05) is 24.3 Å². The lowest BCUT2D eigenvalue weighted by Gasteiger charge is -2.10. The number of aryl methyl sites for hydroxylation is 1. The van der Waals surface area contributed by atoms with Gasteiger partial charge in [-0.25, -0.2) is 4.68 Å². The van der Waals surface area contributed by atoms with Crippen molar-refractivity contribution in [1.82, 2.24) is 9.78 Å². The molecule has 0 saturated carbocycles. The predicted molar refractivity (Wildman–Crippen MR) is 113 cm³/mol.